The van der Waals surface area contributed by atoms with Gasteiger partial charge in [0.25, 0.3) is 0 Å². The van der Waals surface area contributed by atoms with Gasteiger partial charge in [0.15, 0.2) is 0 Å². The van der Waals surface area contributed by atoms with Crippen LogP contribution in [0.1, 0.15) is 39.5 Å². The van der Waals surface area contributed by atoms with E-state index in [0.717, 1.165) is 0 Å². The number of hydrogen-bond donors (Lipinski definition) is 0. The van der Waals surface area contributed by atoms with E-state index in [1.54, 1.807) is 0 Å². The van der Waals surface area contributed by atoms with E-state index >= 15 is 0 Å². The van der Waals surface area contributed by atoms with Gasteiger partial charge in [-0.1, -0.05) is 45.5 Å². The molecule has 0 fully saturated rings. The minimum atomic E-state index is -1.28. The van der Waals surface area contributed by atoms with Crippen LogP contribution in [-0.2, 0) is 0 Å². The Bertz CT molecular complexity index is 146. The molecule has 0 N–H and O–H groups in total. The first-order valence-corrected chi connectivity index (χ1v) is 8.99. The first-order chi connectivity index (χ1) is 6.58. The van der Waals surface area contributed by atoms with Crippen LogP contribution in [0.25, 0.3) is 0 Å². The van der Waals surface area contributed by atoms with Crippen LogP contribution in [0.3, 0.4) is 0 Å². The van der Waals surface area contributed by atoms with Gasteiger partial charge in [0.2, 0.25) is 0 Å². The van der Waals surface area contributed by atoms with E-state index in [-0.39, 0.29) is 0 Å². The van der Waals surface area contributed by atoms with Gasteiger partial charge in [-0.05, 0) is 25.9 Å². The van der Waals surface area contributed by atoms with Crippen LogP contribution in [0.2, 0.25) is 13.1 Å². The van der Waals surface area contributed by atoms with Crippen LogP contribution >= 0.6 is 0 Å². The molecule has 2 heteroatoms. The van der Waals surface area contributed by atoms with Gasteiger partial charge in [-0.3, -0.25) is 0 Å². The zero-order valence-electron chi connectivity index (χ0n) is 10.5. The maximum absolute atomic E-state index is 3.99. The number of rotatable bonds is 8. The predicted octanol–water partition coefficient (Wildman–Crippen LogP) is 3.82. The summed E-state index contributed by atoms with van der Waals surface area (Å²) < 4.78 is 2.69. The van der Waals surface area contributed by atoms with Gasteiger partial charge in [0.05, 0.1) is 0 Å². The van der Waals surface area contributed by atoms with Gasteiger partial charge in [0, 0.05) is 0 Å². The summed E-state index contributed by atoms with van der Waals surface area (Å²) in [5.41, 5.74) is 2.21. The van der Waals surface area contributed by atoms with E-state index in [2.05, 4.69) is 43.8 Å². The fraction of sp³-hybridized carbons (Fsp3) is 0.833. The molecule has 0 radical (unpaired) electrons. The predicted molar refractivity (Wildman–Crippen MR) is 69.1 cm³/mol. The summed E-state index contributed by atoms with van der Waals surface area (Å²) in [4.78, 5) is 0. The van der Waals surface area contributed by atoms with Crippen molar-refractivity contribution in [3.05, 3.63) is 12.3 Å². The van der Waals surface area contributed by atoms with Gasteiger partial charge in [-0.2, -0.15) is 0 Å². The third-order valence-corrected chi connectivity index (χ3v) is 5.95. The third-order valence-electron chi connectivity index (χ3n) is 2.88. The molecule has 84 valence electrons. The van der Waals surface area contributed by atoms with Crippen LogP contribution in [0.15, 0.2) is 12.3 Å². The highest BCUT2D eigenvalue weighted by atomic mass is 28.3. The Balaban J connectivity index is 4.14. The van der Waals surface area contributed by atoms with Crippen LogP contribution < -0.4 is 0 Å². The zero-order chi connectivity index (χ0) is 11.0. The lowest BCUT2D eigenvalue weighted by Gasteiger charge is -2.34. The van der Waals surface area contributed by atoms with Gasteiger partial charge < -0.3 is 4.57 Å². The van der Waals surface area contributed by atoms with Crippen molar-refractivity contribution in [2.45, 2.75) is 52.6 Å². The number of unbranched alkanes of at least 4 members (excludes halogenated alkanes) is 2. The van der Waals surface area contributed by atoms with E-state index in [1.165, 1.54) is 38.8 Å². The summed E-state index contributed by atoms with van der Waals surface area (Å²) in [5, 5.41) is 0. The number of hydrogen-bond acceptors (Lipinski definition) is 1. The molecule has 0 saturated heterocycles. The molecule has 0 aromatic rings. The van der Waals surface area contributed by atoms with E-state index < -0.39 is 8.24 Å². The molecule has 0 aromatic carbocycles. The Morgan fingerprint density at radius 3 is 1.79 bits per heavy atom. The fourth-order valence-electron chi connectivity index (χ4n) is 1.52. The first kappa shape index (κ1) is 13.9. The Morgan fingerprint density at radius 2 is 1.50 bits per heavy atom. The van der Waals surface area contributed by atoms with Gasteiger partial charge >= 0.3 is 0 Å². The summed E-state index contributed by atoms with van der Waals surface area (Å²) in [5.74, 6) is 0. The van der Waals surface area contributed by atoms with Crippen LogP contribution in [0, 0.1) is 0 Å². The first-order valence-electron chi connectivity index (χ1n) is 5.97. The molecule has 0 aliphatic heterocycles. The van der Waals surface area contributed by atoms with E-state index in [4.69, 9.17) is 0 Å². The van der Waals surface area contributed by atoms with Crippen molar-refractivity contribution in [1.82, 2.24) is 4.57 Å². The SMILES string of the molecule is C=C[Si](C)(C)N(CCCC)CCCC. The van der Waals surface area contributed by atoms with E-state index in [0.29, 0.717) is 0 Å². The summed E-state index contributed by atoms with van der Waals surface area (Å²) >= 11 is 0. The average Bonchev–Trinajstić information content (AvgIpc) is 2.17. The quantitative estimate of drug-likeness (QED) is 0.554. The Morgan fingerprint density at radius 1 is 1.07 bits per heavy atom. The summed E-state index contributed by atoms with van der Waals surface area (Å²) in [6, 6.07) is 0. The number of nitrogens with zero attached hydrogens (tertiary/aromatic N) is 1. The summed E-state index contributed by atoms with van der Waals surface area (Å²) in [6.45, 7) is 15.8. The normalized spacial score (nSPS) is 12.1. The lowest BCUT2D eigenvalue weighted by molar-refractivity contribution is 0.405. The molecular weight excluding hydrogens is 186 g/mol. The molecule has 0 aliphatic rings. The van der Waals surface area contributed by atoms with Crippen LogP contribution in [0.4, 0.5) is 0 Å². The highest BCUT2D eigenvalue weighted by Crippen LogP contribution is 2.13. The second-order valence-electron chi connectivity index (χ2n) is 4.55. The van der Waals surface area contributed by atoms with Crippen molar-refractivity contribution in [2.24, 2.45) is 0 Å². The Hall–Kier alpha value is -0.0831. The maximum Gasteiger partial charge on any atom is 0.146 e. The minimum Gasteiger partial charge on any atom is -0.321 e. The van der Waals surface area contributed by atoms with Crippen molar-refractivity contribution < 1.29 is 0 Å². The Kier molecular flexibility index (Phi) is 7.20. The molecule has 0 amide bonds. The molecule has 0 heterocycles. The highest BCUT2D eigenvalue weighted by molar-refractivity contribution is 6.79. The topological polar surface area (TPSA) is 3.24 Å². The van der Waals surface area contributed by atoms with Crippen molar-refractivity contribution in [1.29, 1.82) is 0 Å². The summed E-state index contributed by atoms with van der Waals surface area (Å²) in [7, 11) is -1.28. The largest absolute Gasteiger partial charge is 0.321 e. The van der Waals surface area contributed by atoms with Crippen molar-refractivity contribution >= 4 is 8.24 Å². The van der Waals surface area contributed by atoms with E-state index in [1.807, 2.05) is 0 Å². The minimum absolute atomic E-state index is 1.27. The molecule has 0 bridgehead atoms. The maximum atomic E-state index is 3.99. The van der Waals surface area contributed by atoms with Crippen molar-refractivity contribution in [2.75, 3.05) is 13.1 Å². The summed E-state index contributed by atoms with van der Waals surface area (Å²) in [6.07, 6.45) is 5.25. The van der Waals surface area contributed by atoms with Crippen LogP contribution in [0.5, 0.6) is 0 Å². The average molecular weight is 213 g/mol. The van der Waals surface area contributed by atoms with Crippen LogP contribution in [-0.4, -0.2) is 25.9 Å². The van der Waals surface area contributed by atoms with Gasteiger partial charge in [0.1, 0.15) is 8.24 Å². The Labute approximate surface area is 91.3 Å². The molecule has 0 atom stereocenters. The third kappa shape index (κ3) is 4.96. The molecule has 0 spiro atoms. The van der Waals surface area contributed by atoms with Gasteiger partial charge in [-0.15, -0.1) is 6.58 Å². The fourth-order valence-corrected chi connectivity index (χ4v) is 3.24. The molecule has 14 heavy (non-hydrogen) atoms. The molecule has 0 saturated carbocycles. The van der Waals surface area contributed by atoms with Gasteiger partial charge in [-0.25, -0.2) is 0 Å². The molecular formula is C12H27NSi. The lowest BCUT2D eigenvalue weighted by atomic mass is 10.3. The molecule has 0 aliphatic carbocycles. The molecule has 0 rings (SSSR count). The van der Waals surface area contributed by atoms with Crippen molar-refractivity contribution in [3.8, 4) is 0 Å². The van der Waals surface area contributed by atoms with E-state index in [9.17, 15) is 0 Å². The van der Waals surface area contributed by atoms with Crippen molar-refractivity contribution in [3.63, 3.8) is 0 Å². The zero-order valence-corrected chi connectivity index (χ0v) is 11.5. The highest BCUT2D eigenvalue weighted by Gasteiger charge is 2.24. The second kappa shape index (κ2) is 7.24. The molecule has 0 unspecified atom stereocenters. The monoisotopic (exact) mass is 213 g/mol. The standard InChI is InChI=1S/C12H27NSi/c1-6-9-11-13(12-10-7-2)14(4,5)8-3/h8H,3,6-7,9-12H2,1-2,4-5H3. The second-order valence-corrected chi connectivity index (χ2v) is 8.90. The molecule has 0 aromatic heterocycles. The lowest BCUT2D eigenvalue weighted by Crippen LogP contribution is -2.48. The molecule has 1 nitrogen and oxygen atoms in total. The smallest absolute Gasteiger partial charge is 0.146 e.